The van der Waals surface area contributed by atoms with E-state index >= 15 is 0 Å². The van der Waals surface area contributed by atoms with E-state index in [0.29, 0.717) is 17.4 Å². The van der Waals surface area contributed by atoms with Crippen molar-refractivity contribution >= 4 is 10.8 Å². The molecule has 0 aromatic carbocycles. The fraction of sp³-hybridized carbons (Fsp3) is 0.250. The van der Waals surface area contributed by atoms with Crippen LogP contribution in [0.25, 0.3) is 0 Å². The van der Waals surface area contributed by atoms with Gasteiger partial charge in [-0.3, -0.25) is 4.21 Å². The maximum atomic E-state index is 12.1. The first-order valence-electron chi connectivity index (χ1n) is 5.13. The number of nitrogens with zero attached hydrogens (tertiary/aromatic N) is 1. The number of hydrogen-bond acceptors (Lipinski definition) is 4. The zero-order chi connectivity index (χ0) is 12.3. The summed E-state index contributed by atoms with van der Waals surface area (Å²) in [7, 11) is 0.422. The lowest BCUT2D eigenvalue weighted by Gasteiger charge is -2.03. The summed E-state index contributed by atoms with van der Waals surface area (Å²) < 4.78 is 22.2. The fourth-order valence-electron chi connectivity index (χ4n) is 1.47. The predicted octanol–water partition coefficient (Wildman–Crippen LogP) is 2.30. The van der Waals surface area contributed by atoms with E-state index in [0.717, 1.165) is 10.6 Å². The van der Waals surface area contributed by atoms with Crippen molar-refractivity contribution in [2.24, 2.45) is 0 Å². The largest absolute Gasteiger partial charge is 0.481 e. The standard InChI is InChI=1S/C12H13NO3S/c1-9-11(6-7-16-9)17(14)8-10-4-3-5-12(13-10)15-2/h3-7H,8H2,1-2H3. The topological polar surface area (TPSA) is 52.3 Å². The lowest BCUT2D eigenvalue weighted by atomic mass is 10.4. The third kappa shape index (κ3) is 2.74. The van der Waals surface area contributed by atoms with E-state index in [1.807, 2.05) is 12.1 Å². The number of ether oxygens (including phenoxy) is 1. The summed E-state index contributed by atoms with van der Waals surface area (Å²) >= 11 is 0. The van der Waals surface area contributed by atoms with E-state index in [2.05, 4.69) is 4.98 Å². The number of aromatic nitrogens is 1. The van der Waals surface area contributed by atoms with Crippen LogP contribution in [-0.4, -0.2) is 16.3 Å². The van der Waals surface area contributed by atoms with Crippen LogP contribution in [0.2, 0.25) is 0 Å². The van der Waals surface area contributed by atoms with E-state index in [1.54, 1.807) is 32.4 Å². The van der Waals surface area contributed by atoms with Gasteiger partial charge in [-0.1, -0.05) is 6.07 Å². The molecule has 1 unspecified atom stereocenters. The molecule has 2 rings (SSSR count). The molecule has 0 saturated heterocycles. The van der Waals surface area contributed by atoms with Gasteiger partial charge in [-0.05, 0) is 19.1 Å². The van der Waals surface area contributed by atoms with Crippen LogP contribution in [0.1, 0.15) is 11.5 Å². The molecule has 0 fully saturated rings. The molecule has 5 heteroatoms. The van der Waals surface area contributed by atoms with Gasteiger partial charge in [0.15, 0.2) is 0 Å². The van der Waals surface area contributed by atoms with Gasteiger partial charge < -0.3 is 9.15 Å². The number of furan rings is 1. The Hall–Kier alpha value is -1.62. The molecule has 0 bridgehead atoms. The molecule has 0 radical (unpaired) electrons. The maximum absolute atomic E-state index is 12.1. The Bertz CT molecular complexity index is 536. The van der Waals surface area contributed by atoms with Crippen molar-refractivity contribution in [1.82, 2.24) is 4.98 Å². The number of hydrogen-bond donors (Lipinski definition) is 0. The smallest absolute Gasteiger partial charge is 0.213 e. The van der Waals surface area contributed by atoms with Crippen LogP contribution in [0.15, 0.2) is 39.8 Å². The summed E-state index contributed by atoms with van der Waals surface area (Å²) in [6, 6.07) is 7.15. The molecule has 0 aliphatic carbocycles. The minimum Gasteiger partial charge on any atom is -0.481 e. The molecule has 0 spiro atoms. The summed E-state index contributed by atoms with van der Waals surface area (Å²) in [6.45, 7) is 1.80. The van der Waals surface area contributed by atoms with Crippen LogP contribution in [0.4, 0.5) is 0 Å². The first-order chi connectivity index (χ1) is 8.20. The summed E-state index contributed by atoms with van der Waals surface area (Å²) in [5.41, 5.74) is 0.739. The Morgan fingerprint density at radius 2 is 2.24 bits per heavy atom. The Labute approximate surface area is 102 Å². The van der Waals surface area contributed by atoms with Crippen LogP contribution >= 0.6 is 0 Å². The molecule has 2 heterocycles. The van der Waals surface area contributed by atoms with Crippen molar-refractivity contribution < 1.29 is 13.4 Å². The highest BCUT2D eigenvalue weighted by Gasteiger charge is 2.11. The van der Waals surface area contributed by atoms with E-state index in [-0.39, 0.29) is 0 Å². The quantitative estimate of drug-likeness (QED) is 0.836. The van der Waals surface area contributed by atoms with Gasteiger partial charge >= 0.3 is 0 Å². The Morgan fingerprint density at radius 3 is 2.88 bits per heavy atom. The molecule has 17 heavy (non-hydrogen) atoms. The van der Waals surface area contributed by atoms with Crippen molar-refractivity contribution in [2.45, 2.75) is 17.6 Å². The third-order valence-electron chi connectivity index (χ3n) is 2.33. The van der Waals surface area contributed by atoms with Crippen molar-refractivity contribution in [3.05, 3.63) is 42.0 Å². The zero-order valence-corrected chi connectivity index (χ0v) is 10.5. The molecule has 0 aliphatic heterocycles. The molecule has 4 nitrogen and oxygen atoms in total. The average Bonchev–Trinajstić information content (AvgIpc) is 2.76. The summed E-state index contributed by atoms with van der Waals surface area (Å²) in [5.74, 6) is 1.58. The minimum atomic E-state index is -1.14. The van der Waals surface area contributed by atoms with Gasteiger partial charge in [0.1, 0.15) is 5.76 Å². The van der Waals surface area contributed by atoms with Crippen LogP contribution in [0, 0.1) is 6.92 Å². The van der Waals surface area contributed by atoms with Crippen LogP contribution in [0.5, 0.6) is 5.88 Å². The molecule has 1 atom stereocenters. The average molecular weight is 251 g/mol. The molecular formula is C12H13NO3S. The second kappa shape index (κ2) is 5.14. The third-order valence-corrected chi connectivity index (χ3v) is 3.80. The molecule has 0 N–H and O–H groups in total. The number of rotatable bonds is 4. The monoisotopic (exact) mass is 251 g/mol. The Balaban J connectivity index is 2.16. The molecule has 0 saturated carbocycles. The second-order valence-electron chi connectivity index (χ2n) is 3.50. The molecule has 0 aliphatic rings. The van der Waals surface area contributed by atoms with Crippen molar-refractivity contribution in [1.29, 1.82) is 0 Å². The van der Waals surface area contributed by atoms with Gasteiger partial charge in [-0.2, -0.15) is 0 Å². The number of pyridine rings is 1. The SMILES string of the molecule is COc1cccc(CS(=O)c2ccoc2C)n1. The van der Waals surface area contributed by atoms with Crippen molar-refractivity contribution in [3.8, 4) is 5.88 Å². The molecule has 90 valence electrons. The molecule has 2 aromatic rings. The van der Waals surface area contributed by atoms with Crippen LogP contribution in [0.3, 0.4) is 0 Å². The highest BCUT2D eigenvalue weighted by atomic mass is 32.2. The molecular weight excluding hydrogens is 238 g/mol. The van der Waals surface area contributed by atoms with Crippen molar-refractivity contribution in [3.63, 3.8) is 0 Å². The van der Waals surface area contributed by atoms with E-state index in [4.69, 9.17) is 9.15 Å². The summed E-state index contributed by atoms with van der Waals surface area (Å²) in [5, 5.41) is 0. The highest BCUT2D eigenvalue weighted by molar-refractivity contribution is 7.84. The van der Waals surface area contributed by atoms with Gasteiger partial charge in [0.05, 0.1) is 40.5 Å². The first kappa shape index (κ1) is 11.9. The second-order valence-corrected chi connectivity index (χ2v) is 4.92. The normalized spacial score (nSPS) is 12.4. The van der Waals surface area contributed by atoms with E-state index in [9.17, 15) is 4.21 Å². The fourth-order valence-corrected chi connectivity index (χ4v) is 2.63. The van der Waals surface area contributed by atoms with E-state index in [1.165, 1.54) is 0 Å². The van der Waals surface area contributed by atoms with Crippen LogP contribution < -0.4 is 4.74 Å². The minimum absolute atomic E-state index is 0.359. The summed E-state index contributed by atoms with van der Waals surface area (Å²) in [4.78, 5) is 4.94. The highest BCUT2D eigenvalue weighted by Crippen LogP contribution is 2.17. The van der Waals surface area contributed by atoms with E-state index < -0.39 is 10.8 Å². The number of methoxy groups -OCH3 is 1. The maximum Gasteiger partial charge on any atom is 0.213 e. The number of aryl methyl sites for hydroxylation is 1. The van der Waals surface area contributed by atoms with Gasteiger partial charge in [0.25, 0.3) is 0 Å². The Kier molecular flexibility index (Phi) is 3.58. The van der Waals surface area contributed by atoms with Crippen molar-refractivity contribution in [2.75, 3.05) is 7.11 Å². The molecule has 0 amide bonds. The Morgan fingerprint density at radius 1 is 1.41 bits per heavy atom. The lowest BCUT2D eigenvalue weighted by molar-refractivity contribution is 0.397. The lowest BCUT2D eigenvalue weighted by Crippen LogP contribution is -2.00. The molecule has 2 aromatic heterocycles. The van der Waals surface area contributed by atoms with Crippen LogP contribution in [-0.2, 0) is 16.6 Å². The van der Waals surface area contributed by atoms with Gasteiger partial charge in [-0.15, -0.1) is 0 Å². The van der Waals surface area contributed by atoms with Gasteiger partial charge in [-0.25, -0.2) is 4.98 Å². The zero-order valence-electron chi connectivity index (χ0n) is 9.67. The first-order valence-corrected chi connectivity index (χ1v) is 6.45. The van der Waals surface area contributed by atoms with Gasteiger partial charge in [0, 0.05) is 6.07 Å². The van der Waals surface area contributed by atoms with Gasteiger partial charge in [0.2, 0.25) is 5.88 Å². The predicted molar refractivity (Wildman–Crippen MR) is 64.3 cm³/mol. The summed E-state index contributed by atoms with van der Waals surface area (Å²) in [6.07, 6.45) is 1.54.